The number of carboxylic acids is 1. The summed E-state index contributed by atoms with van der Waals surface area (Å²) in [6, 6.07) is 15.2. The monoisotopic (exact) mass is 322 g/mol. The smallest absolute Gasteiger partial charge is 0.337 e. The molecule has 0 saturated heterocycles. The van der Waals surface area contributed by atoms with Crippen molar-refractivity contribution >= 4 is 11.9 Å². The predicted molar refractivity (Wildman–Crippen MR) is 85.7 cm³/mol. The van der Waals surface area contributed by atoms with Crippen LogP contribution in [0.25, 0.3) is 0 Å². The second kappa shape index (κ2) is 6.78. The van der Waals surface area contributed by atoms with Crippen LogP contribution in [-0.4, -0.2) is 22.0 Å². The molecule has 1 atom stereocenters. The number of carboxylic acid groups (broad SMARTS) is 1. The fourth-order valence-electron chi connectivity index (χ4n) is 2.28. The molecular weight excluding hydrogens is 308 g/mol. The Morgan fingerprint density at radius 1 is 1.04 bits per heavy atom. The van der Waals surface area contributed by atoms with Crippen molar-refractivity contribution in [1.29, 1.82) is 0 Å². The van der Waals surface area contributed by atoms with E-state index in [4.69, 9.17) is 9.52 Å². The van der Waals surface area contributed by atoms with Crippen molar-refractivity contribution < 1.29 is 19.1 Å². The van der Waals surface area contributed by atoms with Crippen LogP contribution in [0.3, 0.4) is 0 Å². The number of rotatable bonds is 5. The lowest BCUT2D eigenvalue weighted by atomic mass is 10.0. The van der Waals surface area contributed by atoms with E-state index in [2.05, 4.69) is 10.3 Å². The zero-order chi connectivity index (χ0) is 16.9. The normalized spacial score (nSPS) is 11.7. The molecule has 0 spiro atoms. The van der Waals surface area contributed by atoms with E-state index in [0.29, 0.717) is 5.76 Å². The third kappa shape index (κ3) is 3.33. The molecule has 0 saturated carbocycles. The predicted octanol–water partition coefficient (Wildman–Crippen LogP) is 2.89. The topological polar surface area (TPSA) is 92.4 Å². The number of benzene rings is 1. The number of aromatic carboxylic acids is 1. The number of hydrogen-bond donors (Lipinski definition) is 2. The molecule has 3 aromatic rings. The number of carbonyl (C=O) groups excluding carboxylic acids is 1. The Bertz CT molecular complexity index is 827. The minimum absolute atomic E-state index is 0.0252. The van der Waals surface area contributed by atoms with E-state index in [9.17, 15) is 9.59 Å². The molecule has 2 aromatic heterocycles. The minimum atomic E-state index is -1.09. The van der Waals surface area contributed by atoms with Crippen LogP contribution < -0.4 is 5.32 Å². The molecule has 6 nitrogen and oxygen atoms in total. The summed E-state index contributed by atoms with van der Waals surface area (Å²) in [5.41, 5.74) is 1.02. The first kappa shape index (κ1) is 15.5. The SMILES string of the molecule is O=C(O)c1ccc(C(=O)NC(c2ccccc2)c2ccco2)nc1. The van der Waals surface area contributed by atoms with Crippen molar-refractivity contribution in [3.63, 3.8) is 0 Å². The van der Waals surface area contributed by atoms with Gasteiger partial charge in [0, 0.05) is 6.20 Å². The molecule has 0 radical (unpaired) electrons. The number of hydrogen-bond acceptors (Lipinski definition) is 4. The van der Waals surface area contributed by atoms with Gasteiger partial charge in [-0.3, -0.25) is 9.78 Å². The van der Waals surface area contributed by atoms with Gasteiger partial charge < -0.3 is 14.8 Å². The Balaban J connectivity index is 1.85. The highest BCUT2D eigenvalue weighted by Gasteiger charge is 2.20. The maximum Gasteiger partial charge on any atom is 0.337 e. The maximum atomic E-state index is 12.4. The summed E-state index contributed by atoms with van der Waals surface area (Å²) >= 11 is 0. The Labute approximate surface area is 137 Å². The van der Waals surface area contributed by atoms with Crippen LogP contribution in [0, 0.1) is 0 Å². The molecule has 0 aliphatic carbocycles. The van der Waals surface area contributed by atoms with Gasteiger partial charge in [0.2, 0.25) is 0 Å². The van der Waals surface area contributed by atoms with Gasteiger partial charge in [-0.25, -0.2) is 4.79 Å². The molecule has 0 fully saturated rings. The van der Waals surface area contributed by atoms with Crippen LogP contribution in [0.2, 0.25) is 0 Å². The zero-order valence-electron chi connectivity index (χ0n) is 12.5. The van der Waals surface area contributed by atoms with Crippen LogP contribution in [0.5, 0.6) is 0 Å². The fourth-order valence-corrected chi connectivity index (χ4v) is 2.28. The highest BCUT2D eigenvalue weighted by Crippen LogP contribution is 2.22. The summed E-state index contributed by atoms with van der Waals surface area (Å²) < 4.78 is 5.42. The molecule has 1 unspecified atom stereocenters. The number of furan rings is 1. The van der Waals surface area contributed by atoms with Gasteiger partial charge in [-0.2, -0.15) is 0 Å². The first-order valence-corrected chi connectivity index (χ1v) is 7.23. The Hall–Kier alpha value is -3.41. The number of nitrogens with one attached hydrogen (secondary N) is 1. The molecule has 2 N–H and O–H groups in total. The summed E-state index contributed by atoms with van der Waals surface area (Å²) in [7, 11) is 0. The molecule has 120 valence electrons. The summed E-state index contributed by atoms with van der Waals surface area (Å²) in [5.74, 6) is -0.916. The fraction of sp³-hybridized carbons (Fsp3) is 0.0556. The van der Waals surface area contributed by atoms with Crippen LogP contribution in [0.4, 0.5) is 0 Å². The number of pyridine rings is 1. The Morgan fingerprint density at radius 3 is 2.42 bits per heavy atom. The number of aromatic nitrogens is 1. The van der Waals surface area contributed by atoms with Crippen molar-refractivity contribution in [2.45, 2.75) is 6.04 Å². The molecular formula is C18H14N2O4. The van der Waals surface area contributed by atoms with Gasteiger partial charge in [0.25, 0.3) is 5.91 Å². The quantitative estimate of drug-likeness (QED) is 0.753. The summed E-state index contributed by atoms with van der Waals surface area (Å²) in [5, 5.41) is 11.7. The van der Waals surface area contributed by atoms with Crippen LogP contribution >= 0.6 is 0 Å². The Kier molecular flexibility index (Phi) is 4.38. The maximum absolute atomic E-state index is 12.4. The molecule has 0 aliphatic rings. The van der Waals surface area contributed by atoms with Crippen molar-refractivity contribution in [1.82, 2.24) is 10.3 Å². The lowest BCUT2D eigenvalue weighted by Gasteiger charge is -2.17. The van der Waals surface area contributed by atoms with Gasteiger partial charge in [0.1, 0.15) is 17.5 Å². The van der Waals surface area contributed by atoms with E-state index in [1.807, 2.05) is 30.3 Å². The molecule has 6 heteroatoms. The average Bonchev–Trinajstić information content (AvgIpc) is 3.14. The largest absolute Gasteiger partial charge is 0.478 e. The van der Waals surface area contributed by atoms with Gasteiger partial charge in [-0.15, -0.1) is 0 Å². The van der Waals surface area contributed by atoms with Crippen molar-refractivity contribution in [2.24, 2.45) is 0 Å². The third-order valence-corrected chi connectivity index (χ3v) is 3.48. The van der Waals surface area contributed by atoms with E-state index in [-0.39, 0.29) is 11.3 Å². The first-order valence-electron chi connectivity index (χ1n) is 7.23. The number of carbonyl (C=O) groups is 2. The first-order chi connectivity index (χ1) is 11.6. The molecule has 1 aromatic carbocycles. The molecule has 2 heterocycles. The number of amides is 1. The Morgan fingerprint density at radius 2 is 1.83 bits per heavy atom. The van der Waals surface area contributed by atoms with Gasteiger partial charge in [-0.1, -0.05) is 30.3 Å². The van der Waals surface area contributed by atoms with Gasteiger partial charge in [0.05, 0.1) is 11.8 Å². The van der Waals surface area contributed by atoms with E-state index in [1.54, 1.807) is 12.1 Å². The van der Waals surface area contributed by atoms with Crippen molar-refractivity contribution in [3.05, 3.63) is 89.6 Å². The van der Waals surface area contributed by atoms with Gasteiger partial charge >= 0.3 is 5.97 Å². The third-order valence-electron chi connectivity index (χ3n) is 3.48. The van der Waals surface area contributed by atoms with Crippen LogP contribution in [0.1, 0.15) is 38.2 Å². The molecule has 3 rings (SSSR count). The van der Waals surface area contributed by atoms with E-state index < -0.39 is 17.9 Å². The van der Waals surface area contributed by atoms with E-state index >= 15 is 0 Å². The highest BCUT2D eigenvalue weighted by molar-refractivity contribution is 5.94. The molecule has 0 aliphatic heterocycles. The second-order valence-corrected chi connectivity index (χ2v) is 5.07. The summed E-state index contributed by atoms with van der Waals surface area (Å²) in [6.45, 7) is 0. The molecule has 24 heavy (non-hydrogen) atoms. The van der Waals surface area contributed by atoms with Crippen LogP contribution in [-0.2, 0) is 0 Å². The number of nitrogens with zero attached hydrogens (tertiary/aromatic N) is 1. The zero-order valence-corrected chi connectivity index (χ0v) is 12.5. The lowest BCUT2D eigenvalue weighted by molar-refractivity contribution is 0.0695. The average molecular weight is 322 g/mol. The minimum Gasteiger partial charge on any atom is -0.478 e. The summed E-state index contributed by atoms with van der Waals surface area (Å²) in [4.78, 5) is 27.2. The van der Waals surface area contributed by atoms with Crippen LogP contribution in [0.15, 0.2) is 71.5 Å². The van der Waals surface area contributed by atoms with Gasteiger partial charge in [0.15, 0.2) is 0 Å². The van der Waals surface area contributed by atoms with Crippen molar-refractivity contribution in [2.75, 3.05) is 0 Å². The lowest BCUT2D eigenvalue weighted by Crippen LogP contribution is -2.29. The van der Waals surface area contributed by atoms with E-state index in [0.717, 1.165) is 11.8 Å². The highest BCUT2D eigenvalue weighted by atomic mass is 16.4. The second-order valence-electron chi connectivity index (χ2n) is 5.07. The van der Waals surface area contributed by atoms with Gasteiger partial charge in [-0.05, 0) is 29.8 Å². The van der Waals surface area contributed by atoms with E-state index in [1.165, 1.54) is 18.4 Å². The van der Waals surface area contributed by atoms with Crippen molar-refractivity contribution in [3.8, 4) is 0 Å². The summed E-state index contributed by atoms with van der Waals surface area (Å²) in [6.07, 6.45) is 2.69. The molecule has 0 bridgehead atoms. The standard InChI is InChI=1S/C18H14N2O4/c21-17(14-9-8-13(11-19-14)18(22)23)20-16(15-7-4-10-24-15)12-5-2-1-3-6-12/h1-11,16H,(H,20,21)(H,22,23). The molecule has 1 amide bonds.